The summed E-state index contributed by atoms with van der Waals surface area (Å²) in [4.78, 5) is 9.08. The summed E-state index contributed by atoms with van der Waals surface area (Å²) in [6.07, 6.45) is 1.24. The predicted octanol–water partition coefficient (Wildman–Crippen LogP) is 3.49. The van der Waals surface area contributed by atoms with Gasteiger partial charge in [0.1, 0.15) is 11.9 Å². The number of thiazole rings is 1. The van der Waals surface area contributed by atoms with Crippen molar-refractivity contribution < 1.29 is 4.74 Å². The van der Waals surface area contributed by atoms with Crippen LogP contribution in [0.4, 0.5) is 0 Å². The molecule has 112 valence electrons. The van der Waals surface area contributed by atoms with Gasteiger partial charge in [0.15, 0.2) is 0 Å². The predicted molar refractivity (Wildman–Crippen MR) is 89.3 cm³/mol. The number of ether oxygens (including phenoxy) is 1. The van der Waals surface area contributed by atoms with Gasteiger partial charge in [-0.1, -0.05) is 12.1 Å². The molecule has 2 unspecified atom stereocenters. The molecule has 5 heteroatoms. The third-order valence-corrected chi connectivity index (χ3v) is 4.56. The van der Waals surface area contributed by atoms with E-state index in [1.807, 2.05) is 35.2 Å². The molecular weight excluding hydrogens is 294 g/mol. The summed E-state index contributed by atoms with van der Waals surface area (Å²) in [6.45, 7) is 3.08. The lowest BCUT2D eigenvalue weighted by Gasteiger charge is -2.15. The Balaban J connectivity index is 1.77. The van der Waals surface area contributed by atoms with E-state index in [9.17, 15) is 0 Å². The molecule has 3 heterocycles. The van der Waals surface area contributed by atoms with Crippen LogP contribution in [-0.2, 0) is 0 Å². The van der Waals surface area contributed by atoms with Gasteiger partial charge in [-0.15, -0.1) is 11.3 Å². The highest BCUT2D eigenvalue weighted by Crippen LogP contribution is 2.31. The summed E-state index contributed by atoms with van der Waals surface area (Å²) in [5.74, 6) is 0.898. The van der Waals surface area contributed by atoms with Crippen LogP contribution in [0.2, 0.25) is 0 Å². The zero-order valence-electron chi connectivity index (χ0n) is 12.3. The summed E-state index contributed by atoms with van der Waals surface area (Å²) in [7, 11) is 0. The lowest BCUT2D eigenvalue weighted by atomic mass is 10.1. The molecule has 1 aliphatic rings. The van der Waals surface area contributed by atoms with Crippen molar-refractivity contribution in [2.45, 2.75) is 25.5 Å². The first kappa shape index (κ1) is 13.7. The van der Waals surface area contributed by atoms with Crippen molar-refractivity contribution in [3.05, 3.63) is 41.2 Å². The van der Waals surface area contributed by atoms with E-state index in [1.54, 1.807) is 11.3 Å². The largest absolute Gasteiger partial charge is 0.488 e. The molecule has 0 saturated carbocycles. The van der Waals surface area contributed by atoms with Gasteiger partial charge in [0, 0.05) is 35.8 Å². The number of nitrogens with zero attached hydrogens (tertiary/aromatic N) is 2. The second kappa shape index (κ2) is 5.66. The lowest BCUT2D eigenvalue weighted by Crippen LogP contribution is -2.20. The molecule has 1 saturated heterocycles. The summed E-state index contributed by atoms with van der Waals surface area (Å²) in [5.41, 5.74) is 4.55. The van der Waals surface area contributed by atoms with E-state index in [-0.39, 0.29) is 6.10 Å². The summed E-state index contributed by atoms with van der Waals surface area (Å²) >= 11 is 1.58. The van der Waals surface area contributed by atoms with Crippen LogP contribution in [0.3, 0.4) is 0 Å². The zero-order valence-corrected chi connectivity index (χ0v) is 13.1. The minimum absolute atomic E-state index is 0.212. The Morgan fingerprint density at radius 2 is 2.18 bits per heavy atom. The fourth-order valence-electron chi connectivity index (χ4n) is 2.87. The third kappa shape index (κ3) is 2.58. The van der Waals surface area contributed by atoms with Gasteiger partial charge >= 0.3 is 0 Å². The molecule has 0 amide bonds. The van der Waals surface area contributed by atoms with E-state index in [2.05, 4.69) is 23.3 Å². The topological polar surface area (TPSA) is 47.0 Å². The molecule has 0 aliphatic carbocycles. The maximum atomic E-state index is 6.27. The van der Waals surface area contributed by atoms with E-state index in [4.69, 9.17) is 9.72 Å². The Labute approximate surface area is 133 Å². The monoisotopic (exact) mass is 311 g/mol. The van der Waals surface area contributed by atoms with Crippen LogP contribution in [0.5, 0.6) is 5.75 Å². The van der Waals surface area contributed by atoms with Crippen molar-refractivity contribution in [1.29, 1.82) is 0 Å². The minimum Gasteiger partial charge on any atom is -0.488 e. The van der Waals surface area contributed by atoms with Gasteiger partial charge in [-0.25, -0.2) is 9.97 Å². The highest BCUT2D eigenvalue weighted by molar-refractivity contribution is 7.07. The van der Waals surface area contributed by atoms with Crippen molar-refractivity contribution in [3.63, 3.8) is 0 Å². The van der Waals surface area contributed by atoms with E-state index in [0.29, 0.717) is 6.04 Å². The molecule has 1 fully saturated rings. The van der Waals surface area contributed by atoms with E-state index in [1.165, 1.54) is 0 Å². The maximum Gasteiger partial charge on any atom is 0.131 e. The first-order valence-corrected chi connectivity index (χ1v) is 8.42. The third-order valence-electron chi connectivity index (χ3n) is 3.98. The molecule has 0 bridgehead atoms. The van der Waals surface area contributed by atoms with Gasteiger partial charge in [-0.05, 0) is 19.1 Å². The van der Waals surface area contributed by atoms with Crippen molar-refractivity contribution in [3.8, 4) is 17.1 Å². The SMILES string of the molecule is CC1CC(Oc2cc(-c3cscn3)nc3ccccc23)CN1. The van der Waals surface area contributed by atoms with Crippen LogP contribution in [0.1, 0.15) is 13.3 Å². The van der Waals surface area contributed by atoms with Crippen LogP contribution in [-0.4, -0.2) is 28.7 Å². The van der Waals surface area contributed by atoms with Gasteiger partial charge < -0.3 is 10.1 Å². The number of rotatable bonds is 3. The first-order chi connectivity index (χ1) is 10.8. The number of para-hydroxylation sites is 1. The second-order valence-corrected chi connectivity index (χ2v) is 6.40. The van der Waals surface area contributed by atoms with Gasteiger partial charge in [0.2, 0.25) is 0 Å². The summed E-state index contributed by atoms with van der Waals surface area (Å²) < 4.78 is 6.27. The van der Waals surface area contributed by atoms with Crippen molar-refractivity contribution in [2.24, 2.45) is 0 Å². The number of nitrogens with one attached hydrogen (secondary N) is 1. The number of benzene rings is 1. The number of fused-ring (bicyclic) bond motifs is 1. The number of pyridine rings is 1. The smallest absolute Gasteiger partial charge is 0.131 e. The van der Waals surface area contributed by atoms with E-state index < -0.39 is 0 Å². The molecule has 4 nitrogen and oxygen atoms in total. The molecular formula is C17H17N3OS. The number of hydrogen-bond donors (Lipinski definition) is 1. The number of aromatic nitrogens is 2. The molecule has 1 aliphatic heterocycles. The standard InChI is InChI=1S/C17H17N3OS/c1-11-6-12(8-18-11)21-17-7-15(16-9-22-10-19-16)20-14-5-3-2-4-13(14)17/h2-5,7,9-12,18H,6,8H2,1H3. The van der Waals surface area contributed by atoms with E-state index in [0.717, 1.165) is 41.0 Å². The van der Waals surface area contributed by atoms with Gasteiger partial charge in [-0.3, -0.25) is 0 Å². The van der Waals surface area contributed by atoms with Crippen LogP contribution in [0, 0.1) is 0 Å². The Hall–Kier alpha value is -1.98. The van der Waals surface area contributed by atoms with E-state index >= 15 is 0 Å². The Bertz CT molecular complexity index is 788. The normalized spacial score (nSPS) is 21.3. The highest BCUT2D eigenvalue weighted by Gasteiger charge is 2.23. The highest BCUT2D eigenvalue weighted by atomic mass is 32.1. The lowest BCUT2D eigenvalue weighted by molar-refractivity contribution is 0.223. The fourth-order valence-corrected chi connectivity index (χ4v) is 3.42. The van der Waals surface area contributed by atoms with Crippen LogP contribution >= 0.6 is 11.3 Å². The fraction of sp³-hybridized carbons (Fsp3) is 0.294. The number of hydrogen-bond acceptors (Lipinski definition) is 5. The van der Waals surface area contributed by atoms with Crippen molar-refractivity contribution in [1.82, 2.24) is 15.3 Å². The summed E-state index contributed by atoms with van der Waals surface area (Å²) in [6, 6.07) is 10.6. The molecule has 2 aromatic heterocycles. The Morgan fingerprint density at radius 3 is 2.95 bits per heavy atom. The Kier molecular flexibility index (Phi) is 3.52. The molecule has 0 spiro atoms. The maximum absolute atomic E-state index is 6.27. The van der Waals surface area contributed by atoms with Gasteiger partial charge in [0.25, 0.3) is 0 Å². The zero-order chi connectivity index (χ0) is 14.9. The molecule has 2 atom stereocenters. The van der Waals surface area contributed by atoms with Gasteiger partial charge in [0.05, 0.1) is 22.4 Å². The van der Waals surface area contributed by atoms with Gasteiger partial charge in [-0.2, -0.15) is 0 Å². The van der Waals surface area contributed by atoms with Crippen LogP contribution in [0.25, 0.3) is 22.3 Å². The Morgan fingerprint density at radius 1 is 1.27 bits per heavy atom. The molecule has 3 aromatic rings. The second-order valence-electron chi connectivity index (χ2n) is 5.68. The minimum atomic E-state index is 0.212. The summed E-state index contributed by atoms with van der Waals surface area (Å²) in [5, 5.41) is 6.50. The quantitative estimate of drug-likeness (QED) is 0.804. The van der Waals surface area contributed by atoms with Crippen molar-refractivity contribution >= 4 is 22.2 Å². The van der Waals surface area contributed by atoms with Crippen LogP contribution in [0.15, 0.2) is 41.2 Å². The molecule has 22 heavy (non-hydrogen) atoms. The van der Waals surface area contributed by atoms with Crippen LogP contribution < -0.4 is 10.1 Å². The average Bonchev–Trinajstić information content (AvgIpc) is 3.19. The molecule has 0 radical (unpaired) electrons. The first-order valence-electron chi connectivity index (χ1n) is 7.48. The molecule has 1 aromatic carbocycles. The molecule has 4 rings (SSSR count). The average molecular weight is 311 g/mol. The van der Waals surface area contributed by atoms with Crippen molar-refractivity contribution in [2.75, 3.05) is 6.54 Å². The molecule has 1 N–H and O–H groups in total.